The molecule has 6 nitrogen and oxygen atoms in total. The van der Waals surface area contributed by atoms with E-state index in [-0.39, 0.29) is 0 Å². The predicted molar refractivity (Wildman–Crippen MR) is 305 cm³/mol. The zero-order chi connectivity index (χ0) is 47.5. The molecule has 0 radical (unpaired) electrons. The molecule has 0 aliphatic rings. The fraction of sp³-hybridized carbons (Fsp3) is 0.0909. The van der Waals surface area contributed by atoms with Crippen molar-refractivity contribution in [3.63, 3.8) is 0 Å². The number of hydrogen-bond donors (Lipinski definition) is 0. The van der Waals surface area contributed by atoms with Gasteiger partial charge in [0.15, 0.2) is 0 Å². The molecule has 0 unspecified atom stereocenters. The molecule has 6 aromatic heterocycles. The summed E-state index contributed by atoms with van der Waals surface area (Å²) in [5, 5.41) is 15.4. The highest BCUT2D eigenvalue weighted by atomic mass is 15.0. The summed E-state index contributed by atoms with van der Waals surface area (Å²) >= 11 is 0. The number of aryl methyl sites for hydroxylation is 3. The largest absolute Gasteiger partial charge is 0.340 e. The van der Waals surface area contributed by atoms with Gasteiger partial charge >= 0.3 is 0 Å². The number of hydrogen-bond acceptors (Lipinski definition) is 0. The van der Waals surface area contributed by atoms with Crippen molar-refractivity contribution in [2.45, 2.75) is 40.4 Å². The molecule has 72 heavy (non-hydrogen) atoms. The van der Waals surface area contributed by atoms with E-state index in [0.29, 0.717) is 0 Å². The summed E-state index contributed by atoms with van der Waals surface area (Å²) in [5.41, 5.74) is 18.4. The second-order valence-corrected chi connectivity index (χ2v) is 19.6. The van der Waals surface area contributed by atoms with Crippen LogP contribution in [-0.2, 0) is 19.6 Å². The van der Waals surface area contributed by atoms with Gasteiger partial charge in [-0.25, -0.2) is 0 Å². The Balaban J connectivity index is 1.11. The zero-order valence-corrected chi connectivity index (χ0v) is 40.4. The number of rotatable bonds is 6. The molecular weight excluding hydrogens is 877 g/mol. The molecule has 16 rings (SSSR count). The van der Waals surface area contributed by atoms with Crippen molar-refractivity contribution >= 4 is 131 Å². The predicted octanol–water partition coefficient (Wildman–Crippen LogP) is 17.4. The fourth-order valence-corrected chi connectivity index (χ4v) is 13.5. The van der Waals surface area contributed by atoms with Gasteiger partial charge in [0.05, 0.1) is 49.7 Å². The van der Waals surface area contributed by atoms with Crippen LogP contribution in [-0.4, -0.2) is 27.4 Å². The summed E-state index contributed by atoms with van der Waals surface area (Å²) in [7, 11) is 0. The van der Waals surface area contributed by atoms with Crippen molar-refractivity contribution < 1.29 is 0 Å². The molecule has 6 heterocycles. The Morgan fingerprint density at radius 3 is 0.681 bits per heavy atom. The third kappa shape index (κ3) is 4.98. The molecular formula is C66H48N6. The summed E-state index contributed by atoms with van der Waals surface area (Å²) in [6.07, 6.45) is 0. The Bertz CT molecular complexity index is 4310. The van der Waals surface area contributed by atoms with Crippen LogP contribution in [0.1, 0.15) is 20.8 Å². The minimum absolute atomic E-state index is 0.824. The Hall–Kier alpha value is -9.00. The molecule has 0 amide bonds. The number of benzene rings is 10. The van der Waals surface area contributed by atoms with Crippen molar-refractivity contribution in [2.75, 3.05) is 0 Å². The molecule has 0 fully saturated rings. The molecule has 6 heteroatoms. The first-order chi connectivity index (χ1) is 35.6. The van der Waals surface area contributed by atoms with Crippen LogP contribution in [0.5, 0.6) is 0 Å². The maximum absolute atomic E-state index is 2.62. The van der Waals surface area contributed by atoms with E-state index in [1.54, 1.807) is 0 Å². The fourth-order valence-electron chi connectivity index (χ4n) is 13.5. The van der Waals surface area contributed by atoms with Crippen molar-refractivity contribution in [2.24, 2.45) is 0 Å². The van der Waals surface area contributed by atoms with E-state index < -0.39 is 0 Å². The van der Waals surface area contributed by atoms with Crippen LogP contribution in [0.4, 0.5) is 0 Å². The molecule has 0 saturated heterocycles. The molecule has 0 atom stereocenters. The first-order valence-electron chi connectivity index (χ1n) is 25.6. The van der Waals surface area contributed by atoms with E-state index in [0.717, 1.165) is 19.6 Å². The second kappa shape index (κ2) is 14.5. The third-order valence-corrected chi connectivity index (χ3v) is 16.3. The molecule has 10 aromatic carbocycles. The summed E-state index contributed by atoms with van der Waals surface area (Å²) in [6.45, 7) is 9.45. The highest BCUT2D eigenvalue weighted by Crippen LogP contribution is 2.50. The third-order valence-electron chi connectivity index (χ3n) is 16.3. The highest BCUT2D eigenvalue weighted by molar-refractivity contribution is 6.40. The van der Waals surface area contributed by atoms with Crippen LogP contribution in [0.25, 0.3) is 148 Å². The van der Waals surface area contributed by atoms with Gasteiger partial charge < -0.3 is 27.4 Å². The lowest BCUT2D eigenvalue weighted by atomic mass is 10.0. The second-order valence-electron chi connectivity index (χ2n) is 19.6. The van der Waals surface area contributed by atoms with E-state index in [1.165, 1.54) is 148 Å². The first-order valence-corrected chi connectivity index (χ1v) is 25.6. The maximum Gasteiger partial charge on any atom is 0.0614 e. The molecule has 342 valence electrons. The molecule has 0 aliphatic carbocycles. The molecule has 0 spiro atoms. The van der Waals surface area contributed by atoms with Crippen LogP contribution in [0.2, 0.25) is 0 Å². The molecule has 0 saturated carbocycles. The Labute approximate surface area is 413 Å². The number of para-hydroxylation sites is 6. The summed E-state index contributed by atoms with van der Waals surface area (Å²) in [5.74, 6) is 0. The topological polar surface area (TPSA) is 29.6 Å². The lowest BCUT2D eigenvalue weighted by molar-refractivity contribution is 0.821. The number of nitrogens with zero attached hydrogens (tertiary/aromatic N) is 6. The first kappa shape index (κ1) is 39.8. The number of fused-ring (bicyclic) bond motifs is 21. The van der Waals surface area contributed by atoms with Crippen LogP contribution in [0, 0.1) is 0 Å². The lowest BCUT2D eigenvalue weighted by Gasteiger charge is -2.10. The van der Waals surface area contributed by atoms with E-state index in [2.05, 4.69) is 248 Å². The van der Waals surface area contributed by atoms with Crippen LogP contribution in [0.15, 0.2) is 200 Å². The van der Waals surface area contributed by atoms with E-state index in [4.69, 9.17) is 0 Å². The summed E-state index contributed by atoms with van der Waals surface area (Å²) in [6, 6.07) is 75.0. The van der Waals surface area contributed by atoms with Gasteiger partial charge in [0.2, 0.25) is 0 Å². The average molecular weight is 925 g/mol. The van der Waals surface area contributed by atoms with Crippen molar-refractivity contribution in [1.29, 1.82) is 0 Å². The minimum Gasteiger partial charge on any atom is -0.340 e. The Morgan fingerprint density at radius 1 is 0.236 bits per heavy atom. The van der Waals surface area contributed by atoms with Crippen LogP contribution >= 0.6 is 0 Å². The molecule has 0 aliphatic heterocycles. The minimum atomic E-state index is 0.824. The SMILES string of the molecule is CCn1c2ccc(-n3c4ccccc4c4ccccc43)cc2c2c1c1c3cc(-n4c5ccccc5c5ccccc54)ccc3n(CC)c1c1c3cc(-n4c5ccccc5c5ccccc54)ccc3n(CC)c21. The van der Waals surface area contributed by atoms with Crippen molar-refractivity contribution in [3.05, 3.63) is 200 Å². The van der Waals surface area contributed by atoms with E-state index >= 15 is 0 Å². The van der Waals surface area contributed by atoms with E-state index in [1.807, 2.05) is 0 Å². The summed E-state index contributed by atoms with van der Waals surface area (Å²) < 4.78 is 15.3. The van der Waals surface area contributed by atoms with Gasteiger partial charge in [-0.15, -0.1) is 0 Å². The van der Waals surface area contributed by atoms with Gasteiger partial charge in [-0.05, 0) is 112 Å². The molecule has 0 bridgehead atoms. The Morgan fingerprint density at radius 2 is 0.458 bits per heavy atom. The molecule has 16 aromatic rings. The van der Waals surface area contributed by atoms with Gasteiger partial charge in [-0.3, -0.25) is 0 Å². The van der Waals surface area contributed by atoms with Gasteiger partial charge in [-0.1, -0.05) is 109 Å². The van der Waals surface area contributed by atoms with Gasteiger partial charge in [0, 0.05) is 118 Å². The molecule has 0 N–H and O–H groups in total. The zero-order valence-electron chi connectivity index (χ0n) is 40.4. The lowest BCUT2D eigenvalue weighted by Crippen LogP contribution is -1.98. The quantitative estimate of drug-likeness (QED) is 0.159. The normalized spacial score (nSPS) is 12.5. The van der Waals surface area contributed by atoms with Gasteiger partial charge in [-0.2, -0.15) is 0 Å². The Kier molecular flexibility index (Phi) is 8.03. The van der Waals surface area contributed by atoms with Crippen molar-refractivity contribution in [1.82, 2.24) is 27.4 Å². The van der Waals surface area contributed by atoms with Crippen LogP contribution in [0.3, 0.4) is 0 Å². The smallest absolute Gasteiger partial charge is 0.0614 e. The average Bonchev–Trinajstić information content (AvgIpc) is 4.27. The van der Waals surface area contributed by atoms with E-state index in [9.17, 15) is 0 Å². The van der Waals surface area contributed by atoms with Crippen LogP contribution < -0.4 is 0 Å². The monoisotopic (exact) mass is 924 g/mol. The standard InChI is InChI=1S/C66H48N6/c1-4-67-52-34-31-40(70-55-25-13-7-19-43(55)44-20-8-14-26-56(44)70)37-49(52)61-64(67)62-50-38-41(71-57-27-15-9-21-45(57)46-22-10-16-28-58(46)71)32-35-53(50)68(5-2)66(62)63-51-39-42(33-36-54(51)69(6-3)65(61)63)72-59-29-17-11-23-47(59)48-24-12-18-30-60(48)72/h7-39H,4-6H2,1-3H3. The van der Waals surface area contributed by atoms with Gasteiger partial charge in [0.25, 0.3) is 0 Å². The summed E-state index contributed by atoms with van der Waals surface area (Å²) in [4.78, 5) is 0. The number of aromatic nitrogens is 6. The highest BCUT2D eigenvalue weighted by Gasteiger charge is 2.28. The van der Waals surface area contributed by atoms with Gasteiger partial charge in [0.1, 0.15) is 0 Å². The van der Waals surface area contributed by atoms with Crippen molar-refractivity contribution in [3.8, 4) is 17.1 Å². The maximum atomic E-state index is 2.62.